The van der Waals surface area contributed by atoms with Crippen molar-refractivity contribution in [2.75, 3.05) is 19.4 Å². The van der Waals surface area contributed by atoms with E-state index >= 15 is 0 Å². The second-order valence-electron chi connectivity index (χ2n) is 4.84. The first kappa shape index (κ1) is 13.5. The van der Waals surface area contributed by atoms with Gasteiger partial charge in [-0.2, -0.15) is 0 Å². The molecule has 0 atom stereocenters. The van der Waals surface area contributed by atoms with Crippen molar-refractivity contribution in [1.29, 1.82) is 0 Å². The Balaban J connectivity index is 2.00. The van der Waals surface area contributed by atoms with Gasteiger partial charge in [0.2, 0.25) is 11.8 Å². The van der Waals surface area contributed by atoms with Crippen LogP contribution in [-0.2, 0) is 22.4 Å². The lowest BCUT2D eigenvalue weighted by atomic mass is 10.0. The lowest BCUT2D eigenvalue weighted by molar-refractivity contribution is -0.128. The van der Waals surface area contributed by atoms with Gasteiger partial charge >= 0.3 is 0 Å². The Bertz CT molecular complexity index is 499. The molecule has 0 radical (unpaired) electrons. The second kappa shape index (κ2) is 5.77. The number of fused-ring (bicyclic) bond motifs is 1. The average molecular weight is 262 g/mol. The fourth-order valence-electron chi connectivity index (χ4n) is 2.10. The van der Waals surface area contributed by atoms with Crippen molar-refractivity contribution in [3.05, 3.63) is 17.6 Å². The van der Waals surface area contributed by atoms with Gasteiger partial charge in [-0.15, -0.1) is 0 Å². The van der Waals surface area contributed by atoms with E-state index in [4.69, 9.17) is 0 Å². The van der Waals surface area contributed by atoms with E-state index in [9.17, 15) is 9.59 Å². The van der Waals surface area contributed by atoms with Crippen molar-refractivity contribution < 1.29 is 9.59 Å². The number of anilines is 1. The zero-order valence-corrected chi connectivity index (χ0v) is 11.3. The minimum absolute atomic E-state index is 0.0000597. The SMILES string of the molecule is CN(C)C(=O)CCCc1ncnc2c1CCC(=O)N2. The van der Waals surface area contributed by atoms with Crippen LogP contribution in [0.25, 0.3) is 0 Å². The Hall–Kier alpha value is -1.98. The first-order valence-corrected chi connectivity index (χ1v) is 6.40. The predicted octanol–water partition coefficient (Wildman–Crippen LogP) is 0.772. The van der Waals surface area contributed by atoms with Crippen LogP contribution in [-0.4, -0.2) is 40.8 Å². The molecule has 0 saturated heterocycles. The maximum atomic E-state index is 11.5. The summed E-state index contributed by atoms with van der Waals surface area (Å²) in [5.74, 6) is 0.747. The molecule has 1 N–H and O–H groups in total. The van der Waals surface area contributed by atoms with Gasteiger partial charge in [0.1, 0.15) is 12.1 Å². The Kier molecular flexibility index (Phi) is 4.09. The van der Waals surface area contributed by atoms with Gasteiger partial charge in [0.25, 0.3) is 0 Å². The van der Waals surface area contributed by atoms with E-state index in [1.54, 1.807) is 19.0 Å². The smallest absolute Gasteiger partial charge is 0.225 e. The summed E-state index contributed by atoms with van der Waals surface area (Å²) in [5.41, 5.74) is 1.95. The standard InChI is InChI=1S/C13H18N4O2/c1-17(2)12(19)5-3-4-10-9-6-7-11(18)16-13(9)15-8-14-10/h8H,3-7H2,1-2H3,(H,14,15,16,18). The molecule has 1 aromatic heterocycles. The van der Waals surface area contributed by atoms with E-state index in [2.05, 4.69) is 15.3 Å². The first-order chi connectivity index (χ1) is 9.08. The molecule has 0 spiro atoms. The number of carbonyl (C=O) groups excluding carboxylic acids is 2. The molecule has 0 aromatic carbocycles. The van der Waals surface area contributed by atoms with Crippen molar-refractivity contribution in [2.45, 2.75) is 32.1 Å². The van der Waals surface area contributed by atoms with Crippen LogP contribution in [0.1, 0.15) is 30.5 Å². The summed E-state index contributed by atoms with van der Waals surface area (Å²) in [7, 11) is 3.51. The van der Waals surface area contributed by atoms with Crippen molar-refractivity contribution in [1.82, 2.24) is 14.9 Å². The van der Waals surface area contributed by atoms with Crippen molar-refractivity contribution in [2.24, 2.45) is 0 Å². The van der Waals surface area contributed by atoms with Crippen molar-refractivity contribution in [3.8, 4) is 0 Å². The fourth-order valence-corrected chi connectivity index (χ4v) is 2.10. The van der Waals surface area contributed by atoms with E-state index in [1.807, 2.05) is 0 Å². The van der Waals surface area contributed by atoms with Crippen LogP contribution in [0.15, 0.2) is 6.33 Å². The first-order valence-electron chi connectivity index (χ1n) is 6.40. The minimum atomic E-state index is -0.0000597. The van der Waals surface area contributed by atoms with Crippen LogP contribution in [0.2, 0.25) is 0 Å². The largest absolute Gasteiger partial charge is 0.349 e. The highest BCUT2D eigenvalue weighted by atomic mass is 16.2. The van der Waals surface area contributed by atoms with Gasteiger partial charge in [0, 0.05) is 38.2 Å². The molecule has 0 bridgehead atoms. The number of carbonyl (C=O) groups is 2. The van der Waals surface area contributed by atoms with Crippen LogP contribution in [0, 0.1) is 0 Å². The van der Waals surface area contributed by atoms with Crippen LogP contribution >= 0.6 is 0 Å². The van der Waals surface area contributed by atoms with Crippen molar-refractivity contribution in [3.63, 3.8) is 0 Å². The van der Waals surface area contributed by atoms with Gasteiger partial charge in [0.05, 0.1) is 0 Å². The van der Waals surface area contributed by atoms with Gasteiger partial charge in [-0.05, 0) is 19.3 Å². The molecule has 6 nitrogen and oxygen atoms in total. The molecule has 2 amide bonds. The highest BCUT2D eigenvalue weighted by Crippen LogP contribution is 2.23. The van der Waals surface area contributed by atoms with Gasteiger partial charge in [-0.1, -0.05) is 0 Å². The summed E-state index contributed by atoms with van der Waals surface area (Å²) in [6.07, 6.45) is 4.63. The zero-order chi connectivity index (χ0) is 13.8. The third-order valence-electron chi connectivity index (χ3n) is 3.20. The van der Waals surface area contributed by atoms with Crippen LogP contribution in [0.4, 0.5) is 5.82 Å². The fraction of sp³-hybridized carbons (Fsp3) is 0.538. The van der Waals surface area contributed by atoms with Crippen LogP contribution in [0.3, 0.4) is 0 Å². The highest BCUT2D eigenvalue weighted by Gasteiger charge is 2.19. The normalized spacial score (nSPS) is 13.7. The van der Waals surface area contributed by atoms with E-state index in [0.29, 0.717) is 25.1 Å². The Labute approximate surface area is 112 Å². The molecule has 2 rings (SSSR count). The maximum Gasteiger partial charge on any atom is 0.225 e. The van der Waals surface area contributed by atoms with Gasteiger partial charge in [0.15, 0.2) is 0 Å². The summed E-state index contributed by atoms with van der Waals surface area (Å²) < 4.78 is 0. The number of rotatable bonds is 4. The maximum absolute atomic E-state index is 11.5. The molecule has 19 heavy (non-hydrogen) atoms. The second-order valence-corrected chi connectivity index (χ2v) is 4.84. The Morgan fingerprint density at radius 2 is 2.16 bits per heavy atom. The van der Waals surface area contributed by atoms with Crippen LogP contribution in [0.5, 0.6) is 0 Å². The lowest BCUT2D eigenvalue weighted by Gasteiger charge is -2.18. The van der Waals surface area contributed by atoms with E-state index in [1.165, 1.54) is 6.33 Å². The molecular formula is C13H18N4O2. The molecule has 1 aromatic rings. The summed E-state index contributed by atoms with van der Waals surface area (Å²) in [6.45, 7) is 0. The molecule has 1 aliphatic heterocycles. The third-order valence-corrected chi connectivity index (χ3v) is 3.20. The number of amides is 2. The molecule has 1 aliphatic rings. The summed E-state index contributed by atoms with van der Waals surface area (Å²) in [5, 5.41) is 2.75. The highest BCUT2D eigenvalue weighted by molar-refractivity contribution is 5.92. The number of nitrogens with one attached hydrogen (secondary N) is 1. The Morgan fingerprint density at radius 3 is 2.89 bits per heavy atom. The molecule has 102 valence electrons. The summed E-state index contributed by atoms with van der Waals surface area (Å²) in [6, 6.07) is 0. The number of aromatic nitrogens is 2. The van der Waals surface area contributed by atoms with Crippen LogP contribution < -0.4 is 5.32 Å². The van der Waals surface area contributed by atoms with Gasteiger partial charge in [-0.3, -0.25) is 9.59 Å². The molecular weight excluding hydrogens is 244 g/mol. The summed E-state index contributed by atoms with van der Waals surface area (Å²) in [4.78, 5) is 32.7. The molecule has 0 fully saturated rings. The molecule has 0 saturated carbocycles. The Morgan fingerprint density at radius 1 is 1.37 bits per heavy atom. The zero-order valence-electron chi connectivity index (χ0n) is 11.3. The van der Waals surface area contributed by atoms with Gasteiger partial charge < -0.3 is 10.2 Å². The lowest BCUT2D eigenvalue weighted by Crippen LogP contribution is -2.23. The molecule has 0 unspecified atom stereocenters. The molecule has 0 aliphatic carbocycles. The van der Waals surface area contributed by atoms with E-state index in [-0.39, 0.29) is 11.8 Å². The molecule has 6 heteroatoms. The number of nitrogens with zero attached hydrogens (tertiary/aromatic N) is 3. The third kappa shape index (κ3) is 3.27. The number of aryl methyl sites for hydroxylation is 1. The predicted molar refractivity (Wildman–Crippen MR) is 70.6 cm³/mol. The quantitative estimate of drug-likeness (QED) is 0.869. The molecule has 2 heterocycles. The van der Waals surface area contributed by atoms with Gasteiger partial charge in [-0.25, -0.2) is 9.97 Å². The summed E-state index contributed by atoms with van der Waals surface area (Å²) >= 11 is 0. The minimum Gasteiger partial charge on any atom is -0.349 e. The van der Waals surface area contributed by atoms with Crippen molar-refractivity contribution >= 4 is 17.6 Å². The topological polar surface area (TPSA) is 75.2 Å². The average Bonchev–Trinajstić information content (AvgIpc) is 2.38. The monoisotopic (exact) mass is 262 g/mol. The van der Waals surface area contributed by atoms with E-state index < -0.39 is 0 Å². The number of hydrogen-bond donors (Lipinski definition) is 1. The number of hydrogen-bond acceptors (Lipinski definition) is 4. The van der Waals surface area contributed by atoms with E-state index in [0.717, 1.165) is 24.1 Å².